The zero-order valence-corrected chi connectivity index (χ0v) is 6.09. The Bertz CT molecular complexity index is 237. The van der Waals surface area contributed by atoms with Crippen molar-refractivity contribution in [3.8, 4) is 5.88 Å². The smallest absolute Gasteiger partial charge is 0.215 e. The molecule has 1 heterocycles. The van der Waals surface area contributed by atoms with Gasteiger partial charge in [0.25, 0.3) is 0 Å². The molecule has 1 aromatic rings. The molecule has 0 aromatic carbocycles. The number of methoxy groups -OCH3 is 1. The highest BCUT2D eigenvalue weighted by molar-refractivity contribution is 6.30. The SMILES string of the molecule is [B]c1ccc(C)c(OC)n1. The van der Waals surface area contributed by atoms with Crippen molar-refractivity contribution in [3.05, 3.63) is 17.7 Å². The summed E-state index contributed by atoms with van der Waals surface area (Å²) in [5.74, 6) is 0.597. The zero-order chi connectivity index (χ0) is 7.56. The van der Waals surface area contributed by atoms with Crippen LogP contribution in [0.25, 0.3) is 0 Å². The van der Waals surface area contributed by atoms with Crippen molar-refractivity contribution >= 4 is 13.4 Å². The molecule has 0 aliphatic rings. The fraction of sp³-hybridized carbons (Fsp3) is 0.286. The number of aryl methyl sites for hydroxylation is 1. The molecule has 0 saturated heterocycles. The Morgan fingerprint density at radius 2 is 2.20 bits per heavy atom. The minimum Gasteiger partial charge on any atom is -0.481 e. The number of nitrogens with zero attached hydrogens (tertiary/aromatic N) is 1. The average molecular weight is 133 g/mol. The lowest BCUT2D eigenvalue weighted by Crippen LogP contribution is -2.09. The molecule has 0 fully saturated rings. The summed E-state index contributed by atoms with van der Waals surface area (Å²) in [6.45, 7) is 1.92. The minimum absolute atomic E-state index is 0.488. The second-order valence-electron chi connectivity index (χ2n) is 2.06. The molecule has 0 unspecified atom stereocenters. The van der Waals surface area contributed by atoms with Crippen LogP contribution in [0.2, 0.25) is 0 Å². The first-order valence-corrected chi connectivity index (χ1v) is 3.01. The minimum atomic E-state index is 0.488. The lowest BCUT2D eigenvalue weighted by Gasteiger charge is -2.02. The Kier molecular flexibility index (Phi) is 1.95. The maximum Gasteiger partial charge on any atom is 0.215 e. The van der Waals surface area contributed by atoms with Gasteiger partial charge in [-0.15, -0.1) is 0 Å². The third kappa shape index (κ3) is 1.29. The molecule has 0 spiro atoms. The highest BCUT2D eigenvalue weighted by atomic mass is 16.5. The first-order valence-electron chi connectivity index (χ1n) is 3.01. The Morgan fingerprint density at radius 1 is 1.50 bits per heavy atom. The summed E-state index contributed by atoms with van der Waals surface area (Å²) in [4.78, 5) is 3.95. The van der Waals surface area contributed by atoms with Gasteiger partial charge < -0.3 is 4.74 Å². The summed E-state index contributed by atoms with van der Waals surface area (Å²) in [5.41, 5.74) is 1.49. The van der Waals surface area contributed by atoms with Gasteiger partial charge in [-0.25, -0.2) is 4.98 Å². The van der Waals surface area contributed by atoms with Gasteiger partial charge in [0.05, 0.1) is 7.11 Å². The fourth-order valence-electron chi connectivity index (χ4n) is 0.731. The second kappa shape index (κ2) is 2.73. The molecular weight excluding hydrogens is 125 g/mol. The summed E-state index contributed by atoms with van der Waals surface area (Å²) >= 11 is 0. The molecule has 0 N–H and O–H groups in total. The molecule has 0 atom stereocenters. The first kappa shape index (κ1) is 7.13. The van der Waals surface area contributed by atoms with Gasteiger partial charge in [0.1, 0.15) is 7.85 Å². The lowest BCUT2D eigenvalue weighted by molar-refractivity contribution is 0.395. The maximum absolute atomic E-state index is 5.41. The number of aromatic nitrogens is 1. The van der Waals surface area contributed by atoms with Gasteiger partial charge in [-0.3, -0.25) is 0 Å². The Hall–Kier alpha value is -0.985. The molecule has 10 heavy (non-hydrogen) atoms. The summed E-state index contributed by atoms with van der Waals surface area (Å²) in [6.07, 6.45) is 0. The van der Waals surface area contributed by atoms with E-state index >= 15 is 0 Å². The van der Waals surface area contributed by atoms with Crippen molar-refractivity contribution in [1.29, 1.82) is 0 Å². The van der Waals surface area contributed by atoms with Crippen LogP contribution in [0.3, 0.4) is 0 Å². The Labute approximate surface area is 61.6 Å². The number of hydrogen-bond acceptors (Lipinski definition) is 2. The number of ether oxygens (including phenoxy) is 1. The molecule has 0 saturated carbocycles. The van der Waals surface area contributed by atoms with Crippen molar-refractivity contribution < 1.29 is 4.74 Å². The first-order chi connectivity index (χ1) is 4.74. The Morgan fingerprint density at radius 3 is 2.70 bits per heavy atom. The van der Waals surface area contributed by atoms with E-state index in [1.165, 1.54) is 0 Å². The van der Waals surface area contributed by atoms with Crippen LogP contribution in [-0.2, 0) is 0 Å². The molecule has 2 nitrogen and oxygen atoms in total. The monoisotopic (exact) mass is 133 g/mol. The van der Waals surface area contributed by atoms with Crippen LogP contribution in [0.15, 0.2) is 12.1 Å². The molecular formula is C7H8BNO. The van der Waals surface area contributed by atoms with Gasteiger partial charge in [-0.2, -0.15) is 0 Å². The Balaban J connectivity index is 3.09. The third-order valence-corrected chi connectivity index (χ3v) is 1.27. The molecule has 0 aliphatic carbocycles. The van der Waals surface area contributed by atoms with E-state index in [9.17, 15) is 0 Å². The van der Waals surface area contributed by atoms with E-state index in [-0.39, 0.29) is 0 Å². The van der Waals surface area contributed by atoms with E-state index in [1.807, 2.05) is 13.0 Å². The van der Waals surface area contributed by atoms with Crippen molar-refractivity contribution in [2.75, 3.05) is 7.11 Å². The zero-order valence-electron chi connectivity index (χ0n) is 6.09. The van der Waals surface area contributed by atoms with E-state index in [0.717, 1.165) is 5.56 Å². The lowest BCUT2D eigenvalue weighted by atomic mass is 10.0. The molecule has 1 aromatic heterocycles. The van der Waals surface area contributed by atoms with Crippen LogP contribution in [0.1, 0.15) is 5.56 Å². The molecule has 3 heteroatoms. The van der Waals surface area contributed by atoms with E-state index < -0.39 is 0 Å². The maximum atomic E-state index is 5.41. The van der Waals surface area contributed by atoms with Crippen LogP contribution >= 0.6 is 0 Å². The van der Waals surface area contributed by atoms with Crippen LogP contribution in [0, 0.1) is 6.92 Å². The van der Waals surface area contributed by atoms with Crippen molar-refractivity contribution in [2.45, 2.75) is 6.92 Å². The van der Waals surface area contributed by atoms with E-state index in [0.29, 0.717) is 11.5 Å². The highest BCUT2D eigenvalue weighted by Gasteiger charge is 1.96. The molecule has 2 radical (unpaired) electrons. The predicted octanol–water partition coefficient (Wildman–Crippen LogP) is 0.192. The fourth-order valence-corrected chi connectivity index (χ4v) is 0.731. The molecule has 0 amide bonds. The largest absolute Gasteiger partial charge is 0.481 e. The van der Waals surface area contributed by atoms with Crippen molar-refractivity contribution in [1.82, 2.24) is 4.98 Å². The van der Waals surface area contributed by atoms with Gasteiger partial charge in [0.15, 0.2) is 0 Å². The number of pyridine rings is 1. The van der Waals surface area contributed by atoms with Crippen LogP contribution in [-0.4, -0.2) is 19.9 Å². The van der Waals surface area contributed by atoms with Gasteiger partial charge >= 0.3 is 0 Å². The normalized spacial score (nSPS) is 9.40. The predicted molar refractivity (Wildman–Crippen MR) is 40.9 cm³/mol. The summed E-state index contributed by atoms with van der Waals surface area (Å²) in [7, 11) is 6.99. The molecule has 1 rings (SSSR count). The highest BCUT2D eigenvalue weighted by Crippen LogP contribution is 2.08. The number of hydrogen-bond donors (Lipinski definition) is 0. The quantitative estimate of drug-likeness (QED) is 0.510. The summed E-state index contributed by atoms with van der Waals surface area (Å²) in [5, 5.41) is 0. The number of rotatable bonds is 1. The topological polar surface area (TPSA) is 22.1 Å². The second-order valence-corrected chi connectivity index (χ2v) is 2.06. The molecule has 0 bridgehead atoms. The summed E-state index contributed by atoms with van der Waals surface area (Å²) < 4.78 is 4.93. The average Bonchev–Trinajstić information content (AvgIpc) is 1.94. The van der Waals surface area contributed by atoms with E-state index in [4.69, 9.17) is 12.6 Å². The molecule has 0 aliphatic heterocycles. The van der Waals surface area contributed by atoms with Crippen molar-refractivity contribution in [3.63, 3.8) is 0 Å². The van der Waals surface area contributed by atoms with Gasteiger partial charge in [0, 0.05) is 5.56 Å². The van der Waals surface area contributed by atoms with Crippen LogP contribution < -0.4 is 10.3 Å². The van der Waals surface area contributed by atoms with Gasteiger partial charge in [0.2, 0.25) is 5.88 Å². The van der Waals surface area contributed by atoms with Gasteiger partial charge in [-0.1, -0.05) is 12.1 Å². The molecule has 50 valence electrons. The van der Waals surface area contributed by atoms with E-state index in [1.54, 1.807) is 13.2 Å². The van der Waals surface area contributed by atoms with Crippen LogP contribution in [0.5, 0.6) is 5.88 Å². The standard InChI is InChI=1S/C7H8BNO/c1-5-3-4-6(8)9-7(5)10-2/h3-4H,1-2H3. The summed E-state index contributed by atoms with van der Waals surface area (Å²) in [6, 6.07) is 3.62. The van der Waals surface area contributed by atoms with Gasteiger partial charge in [-0.05, 0) is 12.5 Å². The van der Waals surface area contributed by atoms with Crippen molar-refractivity contribution in [2.24, 2.45) is 0 Å². The van der Waals surface area contributed by atoms with Crippen LogP contribution in [0.4, 0.5) is 0 Å². The third-order valence-electron chi connectivity index (χ3n) is 1.27. The van der Waals surface area contributed by atoms with E-state index in [2.05, 4.69) is 4.98 Å².